The van der Waals surface area contributed by atoms with Gasteiger partial charge in [-0.3, -0.25) is 9.59 Å². The molecule has 7 nitrogen and oxygen atoms in total. The van der Waals surface area contributed by atoms with E-state index in [2.05, 4.69) is 5.32 Å². The fraction of sp³-hybridized carbons (Fsp3) is 0.174. The van der Waals surface area contributed by atoms with Crippen molar-refractivity contribution in [2.75, 3.05) is 6.54 Å². The third-order valence-corrected chi connectivity index (χ3v) is 4.39. The Labute approximate surface area is 175 Å². The summed E-state index contributed by atoms with van der Waals surface area (Å²) in [5.74, 6) is -0.444. The van der Waals surface area contributed by atoms with Gasteiger partial charge in [0.2, 0.25) is 0 Å². The molecule has 30 heavy (non-hydrogen) atoms. The molecule has 0 aliphatic carbocycles. The number of carboxylic acid groups (broad SMARTS) is 1. The van der Waals surface area contributed by atoms with Gasteiger partial charge in [-0.05, 0) is 26.3 Å². The maximum absolute atomic E-state index is 12.7. The Balaban J connectivity index is 0.00000101. The molecule has 0 fully saturated rings. The van der Waals surface area contributed by atoms with Crippen LogP contribution in [0.2, 0.25) is 0 Å². The third-order valence-electron chi connectivity index (χ3n) is 4.39. The average Bonchev–Trinajstić information content (AvgIpc) is 2.75. The van der Waals surface area contributed by atoms with Crippen LogP contribution in [0.15, 0.2) is 71.5 Å². The molecule has 1 heterocycles. The van der Waals surface area contributed by atoms with E-state index < -0.39 is 0 Å². The van der Waals surface area contributed by atoms with Crippen molar-refractivity contribution in [2.24, 2.45) is 5.10 Å². The van der Waals surface area contributed by atoms with Crippen molar-refractivity contribution in [1.82, 2.24) is 10.3 Å². The Morgan fingerprint density at radius 1 is 1.10 bits per heavy atom. The van der Waals surface area contributed by atoms with Gasteiger partial charge >= 0.3 is 0 Å². The number of amides is 1. The van der Waals surface area contributed by atoms with E-state index in [1.165, 1.54) is 5.01 Å². The molecule has 0 bridgehead atoms. The molecule has 0 atom stereocenters. The number of rotatable bonds is 4. The van der Waals surface area contributed by atoms with Gasteiger partial charge in [0.15, 0.2) is 11.5 Å². The zero-order valence-corrected chi connectivity index (χ0v) is 17.2. The molecule has 0 saturated carbocycles. The van der Waals surface area contributed by atoms with Crippen molar-refractivity contribution in [3.8, 4) is 0 Å². The largest absolute Gasteiger partial charge is 0.505 e. The number of nitrogens with one attached hydrogen (secondary N) is 1. The number of hydrazone groups is 1. The second kappa shape index (κ2) is 10.6. The SMILES string of the molecule is CC=C1c2ccccc2C(O)=C(C(=O)NCC)N1/N=C(\C)c1ccccc1.O=CO. The molecule has 7 heteroatoms. The summed E-state index contributed by atoms with van der Waals surface area (Å²) >= 11 is 0. The first-order valence-electron chi connectivity index (χ1n) is 9.46. The van der Waals surface area contributed by atoms with Crippen LogP contribution in [0.25, 0.3) is 11.5 Å². The van der Waals surface area contributed by atoms with Gasteiger partial charge in [0.05, 0.1) is 11.4 Å². The van der Waals surface area contributed by atoms with Crippen LogP contribution in [0.1, 0.15) is 37.5 Å². The first-order valence-corrected chi connectivity index (χ1v) is 9.46. The molecule has 0 unspecified atom stereocenters. The van der Waals surface area contributed by atoms with Crippen LogP contribution in [-0.4, -0.2) is 39.9 Å². The molecule has 1 amide bonds. The van der Waals surface area contributed by atoms with E-state index in [9.17, 15) is 9.90 Å². The fourth-order valence-corrected chi connectivity index (χ4v) is 3.09. The second-order valence-electron chi connectivity index (χ2n) is 6.24. The average molecular weight is 407 g/mol. The van der Waals surface area contributed by atoms with E-state index in [1.54, 1.807) is 6.07 Å². The minimum atomic E-state index is -0.367. The minimum Gasteiger partial charge on any atom is -0.505 e. The zero-order chi connectivity index (χ0) is 22.1. The molecular weight excluding hydrogens is 382 g/mol. The van der Waals surface area contributed by atoms with Crippen LogP contribution in [0.5, 0.6) is 0 Å². The van der Waals surface area contributed by atoms with E-state index in [1.807, 2.05) is 75.4 Å². The lowest BCUT2D eigenvalue weighted by Gasteiger charge is -2.31. The Morgan fingerprint density at radius 3 is 2.23 bits per heavy atom. The quantitative estimate of drug-likeness (QED) is 0.528. The second-order valence-corrected chi connectivity index (χ2v) is 6.24. The van der Waals surface area contributed by atoms with Gasteiger partial charge in [0, 0.05) is 17.7 Å². The molecule has 0 aromatic heterocycles. The van der Waals surface area contributed by atoms with Gasteiger partial charge in [0.25, 0.3) is 12.4 Å². The van der Waals surface area contributed by atoms with E-state index >= 15 is 0 Å². The van der Waals surface area contributed by atoms with Gasteiger partial charge in [-0.1, -0.05) is 60.7 Å². The summed E-state index contributed by atoms with van der Waals surface area (Å²) in [6, 6.07) is 17.2. The van der Waals surface area contributed by atoms with Crippen LogP contribution in [0.4, 0.5) is 0 Å². The van der Waals surface area contributed by atoms with E-state index in [0.29, 0.717) is 12.1 Å². The van der Waals surface area contributed by atoms with Gasteiger partial charge in [-0.15, -0.1) is 0 Å². The van der Waals surface area contributed by atoms with E-state index in [-0.39, 0.29) is 23.8 Å². The number of fused-ring (bicyclic) bond motifs is 1. The predicted octanol–water partition coefficient (Wildman–Crippen LogP) is 3.85. The first-order chi connectivity index (χ1) is 14.5. The number of benzene rings is 2. The molecular formula is C23H25N3O4. The van der Waals surface area contributed by atoms with E-state index in [4.69, 9.17) is 15.0 Å². The Hall–Kier alpha value is -3.87. The van der Waals surface area contributed by atoms with Crippen molar-refractivity contribution in [2.45, 2.75) is 20.8 Å². The molecule has 2 aromatic rings. The summed E-state index contributed by atoms with van der Waals surface area (Å²) in [5.41, 5.74) is 4.01. The van der Waals surface area contributed by atoms with Gasteiger partial charge in [0.1, 0.15) is 0 Å². The summed E-state index contributed by atoms with van der Waals surface area (Å²) in [6.07, 6.45) is 1.90. The lowest BCUT2D eigenvalue weighted by molar-refractivity contribution is -0.123. The van der Waals surface area contributed by atoms with Gasteiger partial charge in [-0.25, -0.2) is 5.01 Å². The third kappa shape index (κ3) is 4.75. The minimum absolute atomic E-state index is 0.0771. The molecule has 0 saturated heterocycles. The summed E-state index contributed by atoms with van der Waals surface area (Å²) in [4.78, 5) is 21.1. The fourth-order valence-electron chi connectivity index (χ4n) is 3.09. The number of aliphatic hydroxyl groups excluding tert-OH is 1. The highest BCUT2D eigenvalue weighted by molar-refractivity contribution is 6.05. The summed E-state index contributed by atoms with van der Waals surface area (Å²) in [5, 5.41) is 26.8. The molecule has 1 aliphatic heterocycles. The van der Waals surface area contributed by atoms with Crippen LogP contribution >= 0.6 is 0 Å². The van der Waals surface area contributed by atoms with Crippen LogP contribution in [0, 0.1) is 0 Å². The van der Waals surface area contributed by atoms with Crippen LogP contribution in [-0.2, 0) is 9.59 Å². The van der Waals surface area contributed by atoms with Gasteiger partial charge < -0.3 is 15.5 Å². The highest BCUT2D eigenvalue weighted by Gasteiger charge is 2.32. The molecule has 2 aromatic carbocycles. The predicted molar refractivity (Wildman–Crippen MR) is 118 cm³/mol. The van der Waals surface area contributed by atoms with Crippen LogP contribution in [0.3, 0.4) is 0 Å². The number of carbonyl (C=O) groups is 2. The molecule has 156 valence electrons. The molecule has 0 spiro atoms. The highest BCUT2D eigenvalue weighted by atomic mass is 16.3. The highest BCUT2D eigenvalue weighted by Crippen LogP contribution is 2.37. The number of hydrogen-bond donors (Lipinski definition) is 3. The number of nitrogens with zero attached hydrogens (tertiary/aromatic N) is 2. The van der Waals surface area contributed by atoms with Crippen LogP contribution < -0.4 is 5.32 Å². The lowest BCUT2D eigenvalue weighted by Crippen LogP contribution is -2.35. The Kier molecular flexibility index (Phi) is 7.93. The number of carbonyl (C=O) groups excluding carboxylic acids is 1. The summed E-state index contributed by atoms with van der Waals surface area (Å²) in [6.45, 7) is 5.82. The number of allylic oxidation sites excluding steroid dienone is 1. The number of aliphatic hydroxyl groups is 1. The Bertz CT molecular complexity index is 995. The van der Waals surface area contributed by atoms with Crippen molar-refractivity contribution < 1.29 is 19.8 Å². The van der Waals surface area contributed by atoms with Crippen molar-refractivity contribution in [3.05, 3.63) is 83.1 Å². The monoisotopic (exact) mass is 407 g/mol. The topological polar surface area (TPSA) is 102 Å². The Morgan fingerprint density at radius 2 is 1.67 bits per heavy atom. The normalized spacial score (nSPS) is 14.6. The maximum Gasteiger partial charge on any atom is 0.290 e. The first kappa shape index (κ1) is 22.4. The zero-order valence-electron chi connectivity index (χ0n) is 17.2. The van der Waals surface area contributed by atoms with Crippen molar-refractivity contribution in [1.29, 1.82) is 0 Å². The number of hydrogen-bond acceptors (Lipinski definition) is 5. The van der Waals surface area contributed by atoms with E-state index in [0.717, 1.165) is 22.5 Å². The standard InChI is InChI=1S/C22H23N3O2.CH2O2/c1-4-19-17-13-9-10-14-18(17)21(26)20(22(27)23-5-2)25(19)24-15(3)16-11-7-6-8-12-16;2-1-3/h4,6-14,26H,5H2,1-3H3,(H,23,27);1H,(H,2,3)/b19-4?,24-15+;. The van der Waals surface area contributed by atoms with Gasteiger partial charge in [-0.2, -0.15) is 5.10 Å². The van der Waals surface area contributed by atoms with Crippen molar-refractivity contribution >= 4 is 29.5 Å². The lowest BCUT2D eigenvalue weighted by atomic mass is 9.96. The molecule has 3 rings (SSSR count). The number of likely N-dealkylation sites (N-methyl/N-ethyl adjacent to an activating group) is 1. The van der Waals surface area contributed by atoms with Crippen molar-refractivity contribution in [3.63, 3.8) is 0 Å². The smallest absolute Gasteiger partial charge is 0.290 e. The maximum atomic E-state index is 12.7. The summed E-state index contributed by atoms with van der Waals surface area (Å²) in [7, 11) is 0. The molecule has 3 N–H and O–H groups in total. The molecule has 0 radical (unpaired) electrons. The molecule has 1 aliphatic rings. The summed E-state index contributed by atoms with van der Waals surface area (Å²) < 4.78 is 0.